The molecular weight excluding hydrogens is 405 g/mol. The Morgan fingerprint density at radius 3 is 2.61 bits per heavy atom. The van der Waals surface area contributed by atoms with Crippen LogP contribution in [0, 0.1) is 0 Å². The summed E-state index contributed by atoms with van der Waals surface area (Å²) in [7, 11) is 1.68. The summed E-state index contributed by atoms with van der Waals surface area (Å²) < 4.78 is 10.4. The summed E-state index contributed by atoms with van der Waals surface area (Å²) in [6.07, 6.45) is 1.90. The minimum atomic E-state index is 0. The normalized spacial score (nSPS) is 12.4. The van der Waals surface area contributed by atoms with E-state index in [0.717, 1.165) is 38.3 Å². The number of nitrogens with two attached hydrogens (primary N) is 1. The minimum absolute atomic E-state index is 0. The zero-order valence-electron chi connectivity index (χ0n) is 14.4. The molecule has 1 rings (SSSR count). The molecule has 0 aliphatic rings. The second kappa shape index (κ2) is 13.4. The Morgan fingerprint density at radius 2 is 2.00 bits per heavy atom. The van der Waals surface area contributed by atoms with E-state index in [1.54, 1.807) is 7.11 Å². The third kappa shape index (κ3) is 9.65. The highest BCUT2D eigenvalue weighted by Gasteiger charge is 2.05. The van der Waals surface area contributed by atoms with E-state index < -0.39 is 0 Å². The van der Waals surface area contributed by atoms with Crippen LogP contribution in [0.25, 0.3) is 0 Å². The second-order valence-corrected chi connectivity index (χ2v) is 5.21. The number of aliphatic imine (C=N–C) groups is 1. The Morgan fingerprint density at radius 1 is 1.30 bits per heavy atom. The van der Waals surface area contributed by atoms with Gasteiger partial charge in [0.25, 0.3) is 0 Å². The van der Waals surface area contributed by atoms with Gasteiger partial charge in [-0.2, -0.15) is 0 Å². The van der Waals surface area contributed by atoms with E-state index in [1.165, 1.54) is 5.56 Å². The lowest BCUT2D eigenvalue weighted by molar-refractivity contribution is 0.146. The van der Waals surface area contributed by atoms with Crippen molar-refractivity contribution in [3.8, 4) is 5.75 Å². The summed E-state index contributed by atoms with van der Waals surface area (Å²) in [4.78, 5) is 4.28. The lowest BCUT2D eigenvalue weighted by Gasteiger charge is -2.13. The Hall–Kier alpha value is -1.02. The van der Waals surface area contributed by atoms with E-state index in [1.807, 2.05) is 19.1 Å². The molecule has 5 nitrogen and oxygen atoms in total. The maximum atomic E-state index is 5.83. The molecule has 0 amide bonds. The number of benzene rings is 1. The first kappa shape index (κ1) is 22.0. The molecule has 0 spiro atoms. The lowest BCUT2D eigenvalue weighted by atomic mass is 9.98. The largest absolute Gasteiger partial charge is 0.497 e. The summed E-state index contributed by atoms with van der Waals surface area (Å²) in [6.45, 7) is 7.20. The van der Waals surface area contributed by atoms with Crippen molar-refractivity contribution in [3.63, 3.8) is 0 Å². The smallest absolute Gasteiger partial charge is 0.188 e. The van der Waals surface area contributed by atoms with Gasteiger partial charge >= 0.3 is 0 Å². The number of hydrogen-bond acceptors (Lipinski definition) is 3. The van der Waals surface area contributed by atoms with Crippen LogP contribution < -0.4 is 15.8 Å². The van der Waals surface area contributed by atoms with Gasteiger partial charge in [0.2, 0.25) is 0 Å². The highest BCUT2D eigenvalue weighted by atomic mass is 127. The number of ether oxygens (including phenoxy) is 2. The Balaban J connectivity index is 0.00000484. The van der Waals surface area contributed by atoms with Crippen molar-refractivity contribution < 1.29 is 9.47 Å². The van der Waals surface area contributed by atoms with Crippen molar-refractivity contribution in [2.45, 2.75) is 32.6 Å². The average Bonchev–Trinajstić information content (AvgIpc) is 2.54. The molecule has 0 saturated heterocycles. The van der Waals surface area contributed by atoms with Crippen LogP contribution in [0.15, 0.2) is 29.3 Å². The van der Waals surface area contributed by atoms with E-state index in [4.69, 9.17) is 15.2 Å². The van der Waals surface area contributed by atoms with E-state index >= 15 is 0 Å². The van der Waals surface area contributed by atoms with Crippen LogP contribution in [0.2, 0.25) is 0 Å². The summed E-state index contributed by atoms with van der Waals surface area (Å²) in [6, 6.07) is 8.20. The van der Waals surface area contributed by atoms with Gasteiger partial charge in [-0.05, 0) is 43.4 Å². The first-order chi connectivity index (χ1) is 10.7. The topological polar surface area (TPSA) is 68.9 Å². The zero-order valence-corrected chi connectivity index (χ0v) is 16.7. The van der Waals surface area contributed by atoms with Gasteiger partial charge in [0.1, 0.15) is 5.75 Å². The molecule has 0 heterocycles. The SMILES string of the molecule is CCOCCCN=C(N)NCCC(C)c1ccc(OC)cc1.I. The van der Waals surface area contributed by atoms with Gasteiger partial charge in [0, 0.05) is 26.3 Å². The fraction of sp³-hybridized carbons (Fsp3) is 0.588. The standard InChI is InChI=1S/C17H29N3O2.HI/c1-4-22-13-5-11-19-17(18)20-12-10-14(2)15-6-8-16(21-3)9-7-15;/h6-9,14H,4-5,10-13H2,1-3H3,(H3,18,19,20);1H. The quantitative estimate of drug-likeness (QED) is 0.257. The molecule has 0 aliphatic carbocycles. The molecule has 1 aromatic rings. The highest BCUT2D eigenvalue weighted by Crippen LogP contribution is 2.21. The molecule has 0 radical (unpaired) electrons. The summed E-state index contributed by atoms with van der Waals surface area (Å²) in [5.74, 6) is 1.86. The van der Waals surface area contributed by atoms with Crippen LogP contribution >= 0.6 is 24.0 Å². The zero-order chi connectivity index (χ0) is 16.2. The van der Waals surface area contributed by atoms with Gasteiger partial charge in [0.15, 0.2) is 5.96 Å². The summed E-state index contributed by atoms with van der Waals surface area (Å²) in [5, 5.41) is 3.16. The molecule has 1 atom stereocenters. The number of nitrogens with zero attached hydrogens (tertiary/aromatic N) is 1. The van der Waals surface area contributed by atoms with Crippen molar-refractivity contribution in [2.75, 3.05) is 33.4 Å². The molecule has 0 fully saturated rings. The molecule has 6 heteroatoms. The average molecular weight is 435 g/mol. The fourth-order valence-corrected chi connectivity index (χ4v) is 2.08. The predicted octanol–water partition coefficient (Wildman–Crippen LogP) is 3.14. The fourth-order valence-electron chi connectivity index (χ4n) is 2.08. The summed E-state index contributed by atoms with van der Waals surface area (Å²) in [5.41, 5.74) is 7.13. The van der Waals surface area contributed by atoms with Crippen molar-refractivity contribution in [3.05, 3.63) is 29.8 Å². The molecule has 0 aliphatic heterocycles. The van der Waals surface area contributed by atoms with Crippen LogP contribution in [-0.2, 0) is 4.74 Å². The molecule has 0 bridgehead atoms. The lowest BCUT2D eigenvalue weighted by Crippen LogP contribution is -2.33. The van der Waals surface area contributed by atoms with Gasteiger partial charge in [-0.3, -0.25) is 4.99 Å². The van der Waals surface area contributed by atoms with Crippen molar-refractivity contribution in [1.29, 1.82) is 0 Å². The predicted molar refractivity (Wildman–Crippen MR) is 107 cm³/mol. The van der Waals surface area contributed by atoms with Gasteiger partial charge in [0.05, 0.1) is 7.11 Å². The monoisotopic (exact) mass is 435 g/mol. The molecular formula is C17H30IN3O2. The number of halogens is 1. The highest BCUT2D eigenvalue weighted by molar-refractivity contribution is 14.0. The minimum Gasteiger partial charge on any atom is -0.497 e. The molecule has 1 unspecified atom stereocenters. The van der Waals surface area contributed by atoms with Crippen LogP contribution in [0.3, 0.4) is 0 Å². The molecule has 0 saturated carbocycles. The first-order valence-corrected chi connectivity index (χ1v) is 7.92. The summed E-state index contributed by atoms with van der Waals surface area (Å²) >= 11 is 0. The maximum Gasteiger partial charge on any atom is 0.188 e. The number of hydrogen-bond donors (Lipinski definition) is 2. The van der Waals surface area contributed by atoms with E-state index in [2.05, 4.69) is 29.4 Å². The Labute approximate surface area is 157 Å². The Kier molecular flexibility index (Phi) is 12.8. The number of nitrogens with one attached hydrogen (secondary N) is 1. The van der Waals surface area contributed by atoms with Gasteiger partial charge < -0.3 is 20.5 Å². The second-order valence-electron chi connectivity index (χ2n) is 5.21. The van der Waals surface area contributed by atoms with E-state index in [0.29, 0.717) is 18.4 Å². The maximum absolute atomic E-state index is 5.83. The van der Waals surface area contributed by atoms with Gasteiger partial charge in [-0.15, -0.1) is 24.0 Å². The van der Waals surface area contributed by atoms with Crippen LogP contribution in [-0.4, -0.2) is 39.4 Å². The van der Waals surface area contributed by atoms with Crippen molar-refractivity contribution >= 4 is 29.9 Å². The Bertz CT molecular complexity index is 438. The van der Waals surface area contributed by atoms with Crippen molar-refractivity contribution in [2.24, 2.45) is 10.7 Å². The molecule has 132 valence electrons. The van der Waals surface area contributed by atoms with Crippen LogP contribution in [0.5, 0.6) is 5.75 Å². The van der Waals surface area contributed by atoms with E-state index in [-0.39, 0.29) is 24.0 Å². The number of rotatable bonds is 10. The molecule has 0 aromatic heterocycles. The third-order valence-electron chi connectivity index (χ3n) is 3.50. The van der Waals surface area contributed by atoms with E-state index in [9.17, 15) is 0 Å². The first-order valence-electron chi connectivity index (χ1n) is 7.92. The molecule has 3 N–H and O–H groups in total. The number of guanidine groups is 1. The molecule has 23 heavy (non-hydrogen) atoms. The molecule has 1 aromatic carbocycles. The van der Waals surface area contributed by atoms with Crippen LogP contribution in [0.1, 0.15) is 38.2 Å². The van der Waals surface area contributed by atoms with Crippen LogP contribution in [0.4, 0.5) is 0 Å². The van der Waals surface area contributed by atoms with Crippen molar-refractivity contribution in [1.82, 2.24) is 5.32 Å². The third-order valence-corrected chi connectivity index (χ3v) is 3.50. The van der Waals surface area contributed by atoms with Gasteiger partial charge in [-0.1, -0.05) is 19.1 Å². The number of methoxy groups -OCH3 is 1. The van der Waals surface area contributed by atoms with Gasteiger partial charge in [-0.25, -0.2) is 0 Å².